The molecule has 0 spiro atoms. The minimum absolute atomic E-state index is 0.00238. The second-order valence-corrected chi connectivity index (χ2v) is 21.0. The van der Waals surface area contributed by atoms with Crippen molar-refractivity contribution in [2.75, 3.05) is 33.0 Å². The summed E-state index contributed by atoms with van der Waals surface area (Å²) in [4.78, 5) is 61.3. The highest BCUT2D eigenvalue weighted by molar-refractivity contribution is 8.07. The number of imidazole rings is 3. The van der Waals surface area contributed by atoms with Gasteiger partial charge in [0.05, 0.1) is 37.4 Å². The molecular formula is C35H36ClN11O10P2S2. The number of benzene rings is 1. The van der Waals surface area contributed by atoms with Crippen LogP contribution in [0, 0.1) is 34.4 Å². The van der Waals surface area contributed by atoms with E-state index < -0.39 is 48.3 Å². The molecule has 2 saturated heterocycles. The first-order chi connectivity index (χ1) is 29.3. The number of hydrogen-bond donors (Lipinski definition) is 1. The highest BCUT2D eigenvalue weighted by Gasteiger charge is 2.50. The van der Waals surface area contributed by atoms with Crippen molar-refractivity contribution in [3.8, 4) is 0 Å². The van der Waals surface area contributed by atoms with E-state index in [1.165, 1.54) is 29.2 Å². The number of aryl methyl sites for hydroxylation is 2. The van der Waals surface area contributed by atoms with Crippen LogP contribution >= 0.6 is 25.0 Å². The van der Waals surface area contributed by atoms with Crippen molar-refractivity contribution < 1.29 is 37.2 Å². The van der Waals surface area contributed by atoms with Crippen LogP contribution in [0.2, 0.25) is 5.15 Å². The second kappa shape index (κ2) is 16.9. The Morgan fingerprint density at radius 1 is 1.05 bits per heavy atom. The van der Waals surface area contributed by atoms with Gasteiger partial charge in [-0.1, -0.05) is 30.7 Å². The zero-order valence-electron chi connectivity index (χ0n) is 32.0. The topological polar surface area (TPSA) is 224 Å². The zero-order valence-corrected chi connectivity index (χ0v) is 36.2. The molecular weight excluding hydrogens is 896 g/mol. The fourth-order valence-electron chi connectivity index (χ4n) is 8.03. The van der Waals surface area contributed by atoms with Gasteiger partial charge in [0.25, 0.3) is 11.2 Å². The van der Waals surface area contributed by atoms with Gasteiger partial charge in [0.1, 0.15) is 36.9 Å². The number of aromatic nitrogens is 9. The molecule has 26 heteroatoms. The number of fused-ring (bicyclic) bond motifs is 5. The Morgan fingerprint density at radius 2 is 1.82 bits per heavy atom. The maximum Gasteiger partial charge on any atom is 0.327 e. The summed E-state index contributed by atoms with van der Waals surface area (Å²) in [6.45, 7) is 1.99. The van der Waals surface area contributed by atoms with Crippen LogP contribution in [0.4, 0.5) is 5.69 Å². The van der Waals surface area contributed by atoms with E-state index in [0.717, 1.165) is 5.56 Å². The van der Waals surface area contributed by atoms with Crippen LogP contribution in [-0.2, 0) is 63.9 Å². The van der Waals surface area contributed by atoms with Crippen molar-refractivity contribution in [2.24, 2.45) is 17.8 Å². The maximum absolute atomic E-state index is 13.7. The SMILES string of the molecule is [C-]#[N+]CCOP1(=S)OC[C@H]2C[C@@H](n3cnc4c(Cl)ncnc43)[C@@H]2COP(O)(=S)OC[C@H]2O[C@@H](n3cnc4c(=O)n5ccn(CCc6ccc([N+](=O)[O-])cc6)c5nc43)[C@H](C)[C@@H]2O1. The summed E-state index contributed by atoms with van der Waals surface area (Å²) in [5.41, 5.74) is 1.81. The number of nitro groups is 1. The van der Waals surface area contributed by atoms with Gasteiger partial charge in [-0.15, -0.1) is 0 Å². The van der Waals surface area contributed by atoms with E-state index in [-0.39, 0.29) is 72.9 Å². The number of halogens is 1. The lowest BCUT2D eigenvalue weighted by atomic mass is 9.70. The van der Waals surface area contributed by atoms with Gasteiger partial charge in [-0.3, -0.25) is 19.5 Å². The van der Waals surface area contributed by atoms with E-state index in [2.05, 4.69) is 24.8 Å². The van der Waals surface area contributed by atoms with E-state index in [0.29, 0.717) is 36.3 Å². The van der Waals surface area contributed by atoms with E-state index in [9.17, 15) is 19.8 Å². The van der Waals surface area contributed by atoms with Crippen molar-refractivity contribution in [3.63, 3.8) is 0 Å². The molecule has 0 bridgehead atoms. The van der Waals surface area contributed by atoms with Crippen LogP contribution in [0.1, 0.15) is 31.2 Å². The molecule has 9 rings (SSSR count). The molecule has 1 aliphatic carbocycles. The summed E-state index contributed by atoms with van der Waals surface area (Å²) in [5, 5.41) is 11.3. The van der Waals surface area contributed by atoms with Gasteiger partial charge in [0, 0.05) is 48.9 Å². The molecule has 9 atom stereocenters. The zero-order chi connectivity index (χ0) is 42.6. The Morgan fingerprint density at radius 3 is 2.61 bits per heavy atom. The molecule has 61 heavy (non-hydrogen) atoms. The lowest BCUT2D eigenvalue weighted by Crippen LogP contribution is -2.43. The Bertz CT molecular complexity index is 2850. The van der Waals surface area contributed by atoms with Crippen LogP contribution in [0.15, 0.2) is 60.4 Å². The molecule has 3 fully saturated rings. The van der Waals surface area contributed by atoms with E-state index in [1.54, 1.807) is 35.4 Å². The highest BCUT2D eigenvalue weighted by atomic mass is 35.5. The lowest BCUT2D eigenvalue weighted by molar-refractivity contribution is -0.384. The number of nitrogens with zero attached hydrogens (tertiary/aromatic N) is 11. The molecule has 1 N–H and O–H groups in total. The molecule has 2 unspecified atom stereocenters. The summed E-state index contributed by atoms with van der Waals surface area (Å²) >= 11 is 17.8. The minimum atomic E-state index is -3.86. The first-order valence-electron chi connectivity index (χ1n) is 19.0. The predicted octanol–water partition coefficient (Wildman–Crippen LogP) is 5.03. The van der Waals surface area contributed by atoms with Crippen molar-refractivity contribution in [1.82, 2.24) is 43.0 Å². The van der Waals surface area contributed by atoms with Crippen LogP contribution in [0.3, 0.4) is 0 Å². The van der Waals surface area contributed by atoms with Gasteiger partial charge < -0.3 is 46.2 Å². The molecule has 6 aromatic rings. The lowest BCUT2D eigenvalue weighted by Gasteiger charge is -2.45. The summed E-state index contributed by atoms with van der Waals surface area (Å²) < 4.78 is 44.4. The number of hydrogen-bond acceptors (Lipinski definition) is 16. The summed E-state index contributed by atoms with van der Waals surface area (Å²) in [6.07, 6.45) is 6.31. The first-order valence-corrected chi connectivity index (χ1v) is 24.5. The largest absolute Gasteiger partial charge is 0.349 e. The van der Waals surface area contributed by atoms with Crippen LogP contribution in [0.25, 0.3) is 33.0 Å². The summed E-state index contributed by atoms with van der Waals surface area (Å²) in [6, 6.07) is 6.11. The molecule has 2 aliphatic heterocycles. The fraction of sp³-hybridized carbons (Fsp3) is 0.457. The quantitative estimate of drug-likeness (QED) is 0.0501. The van der Waals surface area contributed by atoms with Gasteiger partial charge in [-0.05, 0) is 47.9 Å². The van der Waals surface area contributed by atoms with Gasteiger partial charge in [-0.2, -0.15) is 4.98 Å². The van der Waals surface area contributed by atoms with E-state index >= 15 is 0 Å². The molecule has 5 aromatic heterocycles. The number of rotatable bonds is 9. The Kier molecular flexibility index (Phi) is 11.7. The van der Waals surface area contributed by atoms with E-state index in [1.807, 2.05) is 16.1 Å². The average Bonchev–Trinajstić information content (AvgIpc) is 4.02. The first kappa shape index (κ1) is 42.2. The molecule has 0 amide bonds. The summed E-state index contributed by atoms with van der Waals surface area (Å²) in [7, 11) is 0. The van der Waals surface area contributed by atoms with Crippen LogP contribution < -0.4 is 5.56 Å². The predicted molar refractivity (Wildman–Crippen MR) is 225 cm³/mol. The number of non-ortho nitro benzene ring substituents is 1. The summed E-state index contributed by atoms with van der Waals surface area (Å²) in [5.74, 6) is -0.586. The van der Waals surface area contributed by atoms with Gasteiger partial charge in [-0.25, -0.2) is 30.9 Å². The third kappa shape index (κ3) is 8.17. The Hall–Kier alpha value is -4.14. The third-order valence-electron chi connectivity index (χ3n) is 11.3. The molecule has 3 aliphatic rings. The van der Waals surface area contributed by atoms with E-state index in [4.69, 9.17) is 74.1 Å². The molecule has 0 radical (unpaired) electrons. The fourth-order valence-corrected chi connectivity index (χ4v) is 11.6. The van der Waals surface area contributed by atoms with Gasteiger partial charge >= 0.3 is 13.4 Å². The molecule has 1 saturated carbocycles. The van der Waals surface area contributed by atoms with Crippen molar-refractivity contribution in [2.45, 2.75) is 50.8 Å². The Labute approximate surface area is 361 Å². The standard InChI is InChI=1S/C35H36ClN11O10P2S2/c1-20-29-26(56-34(20)46-19-41-28-32(46)42-35-43(10-11-44(35)33(28)48)9-7-21-3-5-23(6-4-21)47(49)50)16-54-58(51,60)53-15-24-22(14-55-59(61,57-29)52-12-8-37-2)13-25(24)45-18-40-27-30(36)38-17-39-31(27)45/h3-6,10-11,17-20,22,24-26,29,34H,7-9,12-16H2,1H3,(H,51,60)/t20-,22-,24-,25-,26-,29+,34-,58?,59?/m1/s1. The normalized spacial score (nSPS) is 29.6. The maximum atomic E-state index is 13.7. The smallest absolute Gasteiger partial charge is 0.327 e. The average molecular weight is 932 g/mol. The minimum Gasteiger partial charge on any atom is -0.349 e. The molecule has 1 aromatic carbocycles. The highest BCUT2D eigenvalue weighted by Crippen LogP contribution is 2.58. The second-order valence-electron chi connectivity index (χ2n) is 14.8. The number of nitro benzene ring substituents is 1. The van der Waals surface area contributed by atoms with Gasteiger partial charge in [0.15, 0.2) is 22.0 Å². The van der Waals surface area contributed by atoms with Gasteiger partial charge in [0.2, 0.25) is 12.3 Å². The molecule has 7 heterocycles. The van der Waals surface area contributed by atoms with Crippen molar-refractivity contribution in [1.29, 1.82) is 0 Å². The monoisotopic (exact) mass is 931 g/mol. The Balaban J connectivity index is 0.992. The molecule has 320 valence electrons. The molecule has 21 nitrogen and oxygen atoms in total. The van der Waals surface area contributed by atoms with Crippen molar-refractivity contribution >= 4 is 82.4 Å². The van der Waals surface area contributed by atoms with Crippen molar-refractivity contribution in [3.05, 3.63) is 98.2 Å². The van der Waals surface area contributed by atoms with Crippen LogP contribution in [0.5, 0.6) is 0 Å². The third-order valence-corrected chi connectivity index (χ3v) is 15.5. The van der Waals surface area contributed by atoms with Crippen LogP contribution in [-0.4, -0.2) is 98.0 Å². The number of ether oxygens (including phenoxy) is 1.